The van der Waals surface area contributed by atoms with Gasteiger partial charge in [-0.2, -0.15) is 0 Å². The number of imidazole rings is 1. The quantitative estimate of drug-likeness (QED) is 0.863. The third kappa shape index (κ3) is 2.88. The zero-order valence-corrected chi connectivity index (χ0v) is 11.7. The third-order valence-electron chi connectivity index (χ3n) is 3.34. The molecular weight excluding hydrogens is 256 g/mol. The van der Waals surface area contributed by atoms with E-state index in [9.17, 15) is 0 Å². The van der Waals surface area contributed by atoms with E-state index in [2.05, 4.69) is 32.1 Å². The molecule has 0 radical (unpaired) electrons. The highest BCUT2D eigenvalue weighted by atomic mass is 16.5. The van der Waals surface area contributed by atoms with E-state index in [0.717, 1.165) is 44.2 Å². The van der Waals surface area contributed by atoms with Crippen molar-refractivity contribution in [3.8, 4) is 11.5 Å². The van der Waals surface area contributed by atoms with Gasteiger partial charge in [-0.05, 0) is 6.42 Å². The minimum atomic E-state index is 0.161. The normalized spacial score (nSPS) is 19.4. The molecule has 0 saturated carbocycles. The summed E-state index contributed by atoms with van der Waals surface area (Å²) < 4.78 is 9.61. The number of morpholine rings is 1. The van der Waals surface area contributed by atoms with E-state index in [1.807, 2.05) is 17.1 Å². The summed E-state index contributed by atoms with van der Waals surface area (Å²) in [5.41, 5.74) is 0.812. The van der Waals surface area contributed by atoms with Crippen molar-refractivity contribution in [1.29, 1.82) is 0 Å². The Morgan fingerprint density at radius 2 is 2.45 bits per heavy atom. The lowest BCUT2D eigenvalue weighted by Crippen LogP contribution is -2.40. The topological polar surface area (TPSA) is 69.8 Å². The van der Waals surface area contributed by atoms with Gasteiger partial charge in [0.15, 0.2) is 5.82 Å². The van der Waals surface area contributed by atoms with Gasteiger partial charge in [0.05, 0.1) is 25.5 Å². The van der Waals surface area contributed by atoms with Crippen molar-refractivity contribution in [3.05, 3.63) is 18.6 Å². The third-order valence-corrected chi connectivity index (χ3v) is 3.34. The highest BCUT2D eigenvalue weighted by Gasteiger charge is 2.16. The number of nitrogens with one attached hydrogen (secondary N) is 1. The van der Waals surface area contributed by atoms with Crippen LogP contribution in [0.3, 0.4) is 0 Å². The minimum absolute atomic E-state index is 0.161. The average Bonchev–Trinajstić information content (AvgIpc) is 3.09. The number of aryl methyl sites for hydroxylation is 1. The monoisotopic (exact) mass is 276 g/mol. The molecule has 0 bridgehead atoms. The molecule has 1 aliphatic rings. The Morgan fingerprint density at radius 1 is 1.50 bits per heavy atom. The molecule has 7 nitrogen and oxygen atoms in total. The number of hydrogen-bond acceptors (Lipinski definition) is 5. The maximum absolute atomic E-state index is 5.67. The van der Waals surface area contributed by atoms with Crippen LogP contribution in [0.1, 0.15) is 13.3 Å². The molecule has 0 aliphatic carbocycles. The SMILES string of the molecule is CCCn1ccnc1-c1cn(C[C@@H]2CNCCO2)nn1. The van der Waals surface area contributed by atoms with Crippen LogP contribution in [0.5, 0.6) is 0 Å². The Hall–Kier alpha value is -1.73. The molecule has 7 heteroatoms. The van der Waals surface area contributed by atoms with Crippen LogP contribution in [-0.2, 0) is 17.8 Å². The summed E-state index contributed by atoms with van der Waals surface area (Å²) in [4.78, 5) is 4.37. The standard InChI is InChI=1S/C13H20N6O/c1-2-5-18-6-3-15-13(18)12-10-19(17-16-12)9-11-8-14-4-7-20-11/h3,6,10-11,14H,2,4-5,7-9H2,1H3/t11-/m0/s1. The molecule has 3 heterocycles. The van der Waals surface area contributed by atoms with Gasteiger partial charge in [0.25, 0.3) is 0 Å². The molecule has 2 aromatic heterocycles. The van der Waals surface area contributed by atoms with Crippen molar-refractivity contribution in [1.82, 2.24) is 29.9 Å². The fourth-order valence-corrected chi connectivity index (χ4v) is 2.40. The lowest BCUT2D eigenvalue weighted by molar-refractivity contribution is 0.0158. The summed E-state index contributed by atoms with van der Waals surface area (Å²) >= 11 is 0. The molecule has 0 spiro atoms. The van der Waals surface area contributed by atoms with Crippen LogP contribution in [0.2, 0.25) is 0 Å². The Labute approximate surface area is 117 Å². The predicted octanol–water partition coefficient (Wildman–Crippen LogP) is 0.540. The Morgan fingerprint density at radius 3 is 3.25 bits per heavy atom. The summed E-state index contributed by atoms with van der Waals surface area (Å²) in [7, 11) is 0. The summed E-state index contributed by atoms with van der Waals surface area (Å²) in [5.74, 6) is 0.876. The second-order valence-electron chi connectivity index (χ2n) is 4.97. The van der Waals surface area contributed by atoms with Crippen molar-refractivity contribution in [3.63, 3.8) is 0 Å². The first-order valence-electron chi connectivity index (χ1n) is 7.10. The Balaban J connectivity index is 1.70. The lowest BCUT2D eigenvalue weighted by Gasteiger charge is -2.23. The molecule has 0 amide bonds. The maximum atomic E-state index is 5.67. The number of aromatic nitrogens is 5. The molecule has 1 atom stereocenters. The van der Waals surface area contributed by atoms with E-state index in [0.29, 0.717) is 6.54 Å². The van der Waals surface area contributed by atoms with E-state index >= 15 is 0 Å². The van der Waals surface area contributed by atoms with Crippen LogP contribution in [0.25, 0.3) is 11.5 Å². The van der Waals surface area contributed by atoms with Crippen molar-refractivity contribution in [2.24, 2.45) is 0 Å². The van der Waals surface area contributed by atoms with Gasteiger partial charge < -0.3 is 14.6 Å². The van der Waals surface area contributed by atoms with Crippen molar-refractivity contribution in [2.75, 3.05) is 19.7 Å². The van der Waals surface area contributed by atoms with E-state index in [1.54, 1.807) is 6.20 Å². The van der Waals surface area contributed by atoms with Gasteiger partial charge in [0.1, 0.15) is 5.69 Å². The predicted molar refractivity (Wildman–Crippen MR) is 74.1 cm³/mol. The summed E-state index contributed by atoms with van der Waals surface area (Å²) in [6.07, 6.45) is 6.95. The molecule has 0 aromatic carbocycles. The maximum Gasteiger partial charge on any atom is 0.162 e. The second-order valence-corrected chi connectivity index (χ2v) is 4.97. The zero-order valence-electron chi connectivity index (χ0n) is 11.7. The van der Waals surface area contributed by atoms with Gasteiger partial charge in [-0.1, -0.05) is 12.1 Å². The van der Waals surface area contributed by atoms with E-state index in [1.165, 1.54) is 0 Å². The van der Waals surface area contributed by atoms with Crippen LogP contribution in [-0.4, -0.2) is 50.3 Å². The average molecular weight is 276 g/mol. The molecule has 1 N–H and O–H groups in total. The molecule has 1 saturated heterocycles. The van der Waals surface area contributed by atoms with Crippen molar-refractivity contribution in [2.45, 2.75) is 32.5 Å². The number of ether oxygens (including phenoxy) is 1. The molecule has 20 heavy (non-hydrogen) atoms. The van der Waals surface area contributed by atoms with Crippen molar-refractivity contribution >= 4 is 0 Å². The molecule has 2 aromatic rings. The van der Waals surface area contributed by atoms with Gasteiger partial charge in [-0.15, -0.1) is 5.10 Å². The fourth-order valence-electron chi connectivity index (χ4n) is 2.40. The molecule has 1 aliphatic heterocycles. The lowest BCUT2D eigenvalue weighted by atomic mass is 10.3. The van der Waals surface area contributed by atoms with Crippen LogP contribution in [0.15, 0.2) is 18.6 Å². The number of hydrogen-bond donors (Lipinski definition) is 1. The fraction of sp³-hybridized carbons (Fsp3) is 0.615. The van der Waals surface area contributed by atoms with E-state index in [-0.39, 0.29) is 6.10 Å². The largest absolute Gasteiger partial charge is 0.374 e. The van der Waals surface area contributed by atoms with E-state index in [4.69, 9.17) is 4.74 Å². The Bertz CT molecular complexity index is 543. The molecule has 108 valence electrons. The summed E-state index contributed by atoms with van der Waals surface area (Å²) in [5, 5.41) is 11.7. The smallest absolute Gasteiger partial charge is 0.162 e. The minimum Gasteiger partial charge on any atom is -0.374 e. The van der Waals surface area contributed by atoms with E-state index < -0.39 is 0 Å². The highest BCUT2D eigenvalue weighted by Crippen LogP contribution is 2.14. The zero-order chi connectivity index (χ0) is 13.8. The molecule has 1 fully saturated rings. The van der Waals surface area contributed by atoms with Gasteiger partial charge in [-0.3, -0.25) is 0 Å². The van der Waals surface area contributed by atoms with Gasteiger partial charge in [0, 0.05) is 32.0 Å². The first-order valence-corrected chi connectivity index (χ1v) is 7.10. The Kier molecular flexibility index (Phi) is 4.08. The molecular formula is C13H20N6O. The van der Waals surface area contributed by atoms with Crippen LogP contribution in [0.4, 0.5) is 0 Å². The first kappa shape index (κ1) is 13.3. The van der Waals surface area contributed by atoms with Crippen LogP contribution in [0, 0.1) is 0 Å². The second kappa shape index (κ2) is 6.15. The van der Waals surface area contributed by atoms with Crippen LogP contribution < -0.4 is 5.32 Å². The first-order chi connectivity index (χ1) is 9.86. The number of rotatable bonds is 5. The van der Waals surface area contributed by atoms with Gasteiger partial charge in [0.2, 0.25) is 0 Å². The number of nitrogens with zero attached hydrogens (tertiary/aromatic N) is 5. The van der Waals surface area contributed by atoms with Crippen LogP contribution >= 0.6 is 0 Å². The van der Waals surface area contributed by atoms with Gasteiger partial charge in [-0.25, -0.2) is 9.67 Å². The van der Waals surface area contributed by atoms with Crippen molar-refractivity contribution < 1.29 is 4.74 Å². The summed E-state index contributed by atoms with van der Waals surface area (Å²) in [6.45, 7) is 6.35. The van der Waals surface area contributed by atoms with Gasteiger partial charge >= 0.3 is 0 Å². The molecule has 3 rings (SSSR count). The highest BCUT2D eigenvalue weighted by molar-refractivity contribution is 5.47. The summed E-state index contributed by atoms with van der Waals surface area (Å²) in [6, 6.07) is 0. The molecule has 0 unspecified atom stereocenters.